The van der Waals surface area contributed by atoms with Gasteiger partial charge in [0.1, 0.15) is 4.32 Å². The molecule has 1 aliphatic rings. The van der Waals surface area contributed by atoms with Gasteiger partial charge in [0.05, 0.1) is 16.2 Å². The number of nitrogens with zero attached hydrogens (tertiary/aromatic N) is 1. The SMILES string of the molecule is O=C(CCN1C(=O)C(=Cc2cccs2)SC1=S)Nc1ccccc1C(F)(F)F. The van der Waals surface area contributed by atoms with Gasteiger partial charge in [-0.3, -0.25) is 14.5 Å². The van der Waals surface area contributed by atoms with Crippen LogP contribution in [0.1, 0.15) is 16.9 Å². The molecule has 0 atom stereocenters. The molecular formula is C18H13F3N2O2S3. The van der Waals surface area contributed by atoms with E-state index in [-0.39, 0.29) is 24.6 Å². The molecule has 1 saturated heterocycles. The van der Waals surface area contributed by atoms with Crippen LogP contribution in [-0.2, 0) is 15.8 Å². The van der Waals surface area contributed by atoms with Crippen LogP contribution in [0.15, 0.2) is 46.7 Å². The van der Waals surface area contributed by atoms with E-state index in [2.05, 4.69) is 5.32 Å². The summed E-state index contributed by atoms with van der Waals surface area (Å²) in [5, 5.41) is 4.14. The lowest BCUT2D eigenvalue weighted by atomic mass is 10.1. The van der Waals surface area contributed by atoms with Gasteiger partial charge < -0.3 is 5.32 Å². The van der Waals surface area contributed by atoms with Crippen molar-refractivity contribution in [2.24, 2.45) is 0 Å². The molecule has 0 radical (unpaired) electrons. The van der Waals surface area contributed by atoms with Crippen LogP contribution in [-0.4, -0.2) is 27.6 Å². The Kier molecular flexibility index (Phi) is 6.21. The van der Waals surface area contributed by atoms with E-state index >= 15 is 0 Å². The van der Waals surface area contributed by atoms with Crippen LogP contribution >= 0.6 is 35.3 Å². The second kappa shape index (κ2) is 8.46. The first-order chi connectivity index (χ1) is 13.3. The van der Waals surface area contributed by atoms with Gasteiger partial charge in [-0.15, -0.1) is 11.3 Å². The van der Waals surface area contributed by atoms with E-state index in [1.54, 1.807) is 6.08 Å². The summed E-state index contributed by atoms with van der Waals surface area (Å²) < 4.78 is 39.3. The molecule has 1 fully saturated rings. The molecule has 0 spiro atoms. The van der Waals surface area contributed by atoms with Crippen molar-refractivity contribution in [2.45, 2.75) is 12.6 Å². The lowest BCUT2D eigenvalue weighted by Crippen LogP contribution is -2.31. The fourth-order valence-electron chi connectivity index (χ4n) is 2.46. The lowest BCUT2D eigenvalue weighted by Gasteiger charge is -2.16. The molecule has 1 aromatic carbocycles. The maximum Gasteiger partial charge on any atom is 0.418 e. The molecule has 10 heteroatoms. The average molecular weight is 443 g/mol. The van der Waals surface area contributed by atoms with Crippen LogP contribution in [0.4, 0.5) is 18.9 Å². The number of para-hydroxylation sites is 1. The molecule has 2 amide bonds. The number of benzene rings is 1. The predicted molar refractivity (Wildman–Crippen MR) is 109 cm³/mol. The first-order valence-corrected chi connectivity index (χ1v) is 10.1. The quantitative estimate of drug-likeness (QED) is 0.523. The number of alkyl halides is 3. The molecule has 2 aromatic rings. The predicted octanol–water partition coefficient (Wildman–Crippen LogP) is 5.00. The zero-order chi connectivity index (χ0) is 20.3. The summed E-state index contributed by atoms with van der Waals surface area (Å²) in [7, 11) is 0. The molecule has 1 aromatic heterocycles. The Morgan fingerprint density at radius 3 is 2.64 bits per heavy atom. The highest BCUT2D eigenvalue weighted by atomic mass is 32.2. The Labute approximate surface area is 172 Å². The van der Waals surface area contributed by atoms with Crippen molar-refractivity contribution in [3.63, 3.8) is 0 Å². The third-order valence-corrected chi connectivity index (χ3v) is 5.96. The summed E-state index contributed by atoms with van der Waals surface area (Å²) in [5.74, 6) is -0.945. The summed E-state index contributed by atoms with van der Waals surface area (Å²) in [6, 6.07) is 8.46. The first kappa shape index (κ1) is 20.6. The van der Waals surface area contributed by atoms with Gasteiger partial charge in [-0.1, -0.05) is 42.2 Å². The lowest BCUT2D eigenvalue weighted by molar-refractivity contribution is -0.137. The van der Waals surface area contributed by atoms with E-state index in [9.17, 15) is 22.8 Å². The van der Waals surface area contributed by atoms with Gasteiger partial charge in [-0.25, -0.2) is 0 Å². The fourth-order valence-corrected chi connectivity index (χ4v) is 4.49. The van der Waals surface area contributed by atoms with Crippen LogP contribution in [0.5, 0.6) is 0 Å². The molecule has 0 unspecified atom stereocenters. The van der Waals surface area contributed by atoms with Crippen molar-refractivity contribution in [1.29, 1.82) is 0 Å². The molecule has 1 aliphatic heterocycles. The molecule has 0 saturated carbocycles. The standard InChI is InChI=1S/C18H13F3N2O2S3/c19-18(20,21)12-5-1-2-6-13(12)22-15(24)7-8-23-16(25)14(28-17(23)26)10-11-4-3-9-27-11/h1-6,9-10H,7-8H2,(H,22,24). The third kappa shape index (κ3) is 4.81. The molecule has 0 bridgehead atoms. The van der Waals surface area contributed by atoms with Crippen molar-refractivity contribution >= 4 is 63.2 Å². The number of hydrogen-bond donors (Lipinski definition) is 1. The zero-order valence-corrected chi connectivity index (χ0v) is 16.6. The molecule has 2 heterocycles. The summed E-state index contributed by atoms with van der Waals surface area (Å²) in [6.07, 6.45) is -3.02. The number of anilines is 1. The minimum atomic E-state index is -4.57. The Morgan fingerprint density at radius 1 is 1.21 bits per heavy atom. The van der Waals surface area contributed by atoms with Crippen molar-refractivity contribution in [3.05, 3.63) is 57.1 Å². The van der Waals surface area contributed by atoms with Crippen molar-refractivity contribution in [3.8, 4) is 0 Å². The topological polar surface area (TPSA) is 49.4 Å². The van der Waals surface area contributed by atoms with E-state index in [1.807, 2.05) is 17.5 Å². The molecule has 3 rings (SSSR count). The second-order valence-corrected chi connectivity index (χ2v) is 8.35. The van der Waals surface area contributed by atoms with E-state index in [4.69, 9.17) is 12.2 Å². The molecule has 28 heavy (non-hydrogen) atoms. The highest BCUT2D eigenvalue weighted by Crippen LogP contribution is 2.35. The van der Waals surface area contributed by atoms with E-state index in [1.165, 1.54) is 34.4 Å². The van der Waals surface area contributed by atoms with Crippen molar-refractivity contribution in [1.82, 2.24) is 4.90 Å². The van der Waals surface area contributed by atoms with Gasteiger partial charge in [-0.2, -0.15) is 13.2 Å². The maximum atomic E-state index is 13.0. The Bertz CT molecular complexity index is 940. The average Bonchev–Trinajstić information content (AvgIpc) is 3.22. The number of thioether (sulfide) groups is 1. The maximum absolute atomic E-state index is 13.0. The normalized spacial score (nSPS) is 16.1. The highest BCUT2D eigenvalue weighted by molar-refractivity contribution is 8.26. The highest BCUT2D eigenvalue weighted by Gasteiger charge is 2.34. The van der Waals surface area contributed by atoms with Crippen LogP contribution < -0.4 is 5.32 Å². The number of hydrogen-bond acceptors (Lipinski definition) is 5. The molecular weight excluding hydrogens is 429 g/mol. The van der Waals surface area contributed by atoms with Gasteiger partial charge in [0.25, 0.3) is 5.91 Å². The minimum absolute atomic E-state index is 0.00747. The van der Waals surface area contributed by atoms with Crippen LogP contribution in [0.25, 0.3) is 6.08 Å². The van der Waals surface area contributed by atoms with E-state index in [0.717, 1.165) is 22.7 Å². The third-order valence-electron chi connectivity index (χ3n) is 3.76. The number of thiocarbonyl (C=S) groups is 1. The Hall–Kier alpha value is -2.17. The Morgan fingerprint density at radius 2 is 1.96 bits per heavy atom. The van der Waals surface area contributed by atoms with Crippen LogP contribution in [0.3, 0.4) is 0 Å². The minimum Gasteiger partial charge on any atom is -0.325 e. The summed E-state index contributed by atoms with van der Waals surface area (Å²) in [5.41, 5.74) is -1.24. The molecule has 0 aliphatic carbocycles. The van der Waals surface area contributed by atoms with Gasteiger partial charge in [0, 0.05) is 17.8 Å². The van der Waals surface area contributed by atoms with E-state index < -0.39 is 17.6 Å². The zero-order valence-electron chi connectivity index (χ0n) is 14.2. The summed E-state index contributed by atoms with van der Waals surface area (Å²) >= 11 is 7.81. The first-order valence-electron chi connectivity index (χ1n) is 8.00. The molecule has 146 valence electrons. The number of thiophene rings is 1. The Balaban J connectivity index is 1.62. The summed E-state index contributed by atoms with van der Waals surface area (Å²) in [4.78, 5) is 27.2. The second-order valence-electron chi connectivity index (χ2n) is 5.69. The van der Waals surface area contributed by atoms with Gasteiger partial charge in [0.2, 0.25) is 5.91 Å². The number of amides is 2. The van der Waals surface area contributed by atoms with Gasteiger partial charge in [-0.05, 0) is 29.7 Å². The fraction of sp³-hybridized carbons (Fsp3) is 0.167. The number of carbonyl (C=O) groups is 2. The van der Waals surface area contributed by atoms with Crippen LogP contribution in [0, 0.1) is 0 Å². The van der Waals surface area contributed by atoms with E-state index in [0.29, 0.717) is 9.23 Å². The molecule has 1 N–H and O–H groups in total. The number of carbonyl (C=O) groups excluding carboxylic acids is 2. The number of rotatable bonds is 5. The molecule has 4 nitrogen and oxygen atoms in total. The van der Waals surface area contributed by atoms with Crippen molar-refractivity contribution in [2.75, 3.05) is 11.9 Å². The van der Waals surface area contributed by atoms with Crippen molar-refractivity contribution < 1.29 is 22.8 Å². The van der Waals surface area contributed by atoms with Crippen LogP contribution in [0.2, 0.25) is 0 Å². The van der Waals surface area contributed by atoms with Gasteiger partial charge >= 0.3 is 6.18 Å². The monoisotopic (exact) mass is 442 g/mol. The largest absolute Gasteiger partial charge is 0.418 e. The van der Waals surface area contributed by atoms with Gasteiger partial charge in [0.15, 0.2) is 0 Å². The smallest absolute Gasteiger partial charge is 0.325 e. The number of halogens is 3. The number of nitrogens with one attached hydrogen (secondary N) is 1. The summed E-state index contributed by atoms with van der Waals surface area (Å²) in [6.45, 7) is -0.00747.